The van der Waals surface area contributed by atoms with Gasteiger partial charge in [-0.2, -0.15) is 0 Å². The molecule has 0 spiro atoms. The molecule has 32 heavy (non-hydrogen) atoms. The van der Waals surface area contributed by atoms with Crippen molar-refractivity contribution in [3.05, 3.63) is 74.2 Å². The lowest BCUT2D eigenvalue weighted by Crippen LogP contribution is -2.15. The Morgan fingerprint density at radius 1 is 0.906 bits per heavy atom. The van der Waals surface area contributed by atoms with Crippen molar-refractivity contribution >= 4 is 44.8 Å². The van der Waals surface area contributed by atoms with E-state index in [1.54, 1.807) is 12.1 Å². The molecule has 0 unspecified atom stereocenters. The Morgan fingerprint density at radius 3 is 2.47 bits per heavy atom. The molecule has 1 aliphatic heterocycles. The zero-order valence-electron chi connectivity index (χ0n) is 17.4. The molecule has 3 aromatic rings. The van der Waals surface area contributed by atoms with E-state index in [1.807, 2.05) is 43.3 Å². The molecule has 0 fully saturated rings. The van der Waals surface area contributed by atoms with Gasteiger partial charge in [-0.05, 0) is 54.4 Å². The highest BCUT2D eigenvalue weighted by molar-refractivity contribution is 9.10. The Morgan fingerprint density at radius 2 is 1.69 bits per heavy atom. The maximum absolute atomic E-state index is 6.11. The van der Waals surface area contributed by atoms with Gasteiger partial charge in [0, 0.05) is 22.8 Å². The van der Waals surface area contributed by atoms with Crippen molar-refractivity contribution < 1.29 is 18.9 Å². The summed E-state index contributed by atoms with van der Waals surface area (Å²) in [6, 6.07) is 15.2. The highest BCUT2D eigenvalue weighted by atomic mass is 79.9. The monoisotopic (exact) mass is 537 g/mol. The van der Waals surface area contributed by atoms with Crippen molar-refractivity contribution in [1.29, 1.82) is 0 Å². The second-order valence-electron chi connectivity index (χ2n) is 7.07. The average Bonchev–Trinajstić information content (AvgIpc) is 2.80. The van der Waals surface area contributed by atoms with Crippen LogP contribution in [0.15, 0.2) is 53.0 Å². The van der Waals surface area contributed by atoms with Crippen LogP contribution in [0.2, 0.25) is 10.0 Å². The van der Waals surface area contributed by atoms with E-state index in [0.717, 1.165) is 32.8 Å². The molecule has 1 N–H and O–H groups in total. The predicted molar refractivity (Wildman–Crippen MR) is 131 cm³/mol. The van der Waals surface area contributed by atoms with Crippen molar-refractivity contribution in [2.45, 2.75) is 20.1 Å². The molecular weight excluding hydrogens is 517 g/mol. The quantitative estimate of drug-likeness (QED) is 0.331. The number of ether oxygens (including phenoxy) is 4. The lowest BCUT2D eigenvalue weighted by Gasteiger charge is -2.19. The molecule has 0 saturated carbocycles. The molecule has 1 heterocycles. The van der Waals surface area contributed by atoms with Crippen LogP contribution in [0.3, 0.4) is 0 Å². The van der Waals surface area contributed by atoms with Crippen molar-refractivity contribution in [3.63, 3.8) is 0 Å². The summed E-state index contributed by atoms with van der Waals surface area (Å²) in [6.07, 6.45) is 0. The van der Waals surface area contributed by atoms with Gasteiger partial charge in [0.25, 0.3) is 0 Å². The Labute approximate surface area is 205 Å². The fourth-order valence-corrected chi connectivity index (χ4v) is 4.02. The summed E-state index contributed by atoms with van der Waals surface area (Å²) in [4.78, 5) is 0. The molecular formula is C24H22BrCl2NO4. The number of rotatable bonds is 8. The van der Waals surface area contributed by atoms with Crippen LogP contribution in [0.1, 0.15) is 18.1 Å². The Kier molecular flexibility index (Phi) is 7.55. The summed E-state index contributed by atoms with van der Waals surface area (Å²) in [6.45, 7) is 4.54. The first-order valence-electron chi connectivity index (χ1n) is 10.2. The number of hydrogen-bond acceptors (Lipinski definition) is 5. The standard InChI is InChI=1S/C24H22BrCl2NO4/c1-2-29-22-10-16(13-28-17-4-6-21-23(11-17)31-8-7-30-21)18(25)12-24(22)32-14-15-3-5-19(26)20(27)9-15/h3-6,9-12,28H,2,7-8,13-14H2,1H3. The maximum Gasteiger partial charge on any atom is 0.163 e. The number of nitrogens with one attached hydrogen (secondary N) is 1. The van der Waals surface area contributed by atoms with E-state index in [2.05, 4.69) is 21.2 Å². The van der Waals surface area contributed by atoms with Gasteiger partial charge in [-0.15, -0.1) is 0 Å². The Bertz CT molecular complexity index is 1110. The Balaban J connectivity index is 1.47. The molecule has 0 radical (unpaired) electrons. The first-order chi connectivity index (χ1) is 15.5. The minimum atomic E-state index is 0.345. The van der Waals surface area contributed by atoms with Gasteiger partial charge in [-0.3, -0.25) is 0 Å². The van der Waals surface area contributed by atoms with Gasteiger partial charge in [0.15, 0.2) is 23.0 Å². The number of benzene rings is 3. The molecule has 0 amide bonds. The molecule has 0 atom stereocenters. The van der Waals surface area contributed by atoms with Crippen LogP contribution >= 0.6 is 39.1 Å². The van der Waals surface area contributed by atoms with E-state index in [0.29, 0.717) is 54.5 Å². The minimum absolute atomic E-state index is 0.345. The molecule has 168 valence electrons. The number of anilines is 1. The number of fused-ring (bicyclic) bond motifs is 1. The second-order valence-corrected chi connectivity index (χ2v) is 8.74. The highest BCUT2D eigenvalue weighted by Crippen LogP contribution is 2.36. The maximum atomic E-state index is 6.11. The third kappa shape index (κ3) is 5.55. The summed E-state index contributed by atoms with van der Waals surface area (Å²) >= 11 is 15.8. The second kappa shape index (κ2) is 10.6. The summed E-state index contributed by atoms with van der Waals surface area (Å²) < 4.78 is 24.0. The first-order valence-corrected chi connectivity index (χ1v) is 11.7. The third-order valence-electron chi connectivity index (χ3n) is 4.82. The van der Waals surface area contributed by atoms with Crippen molar-refractivity contribution in [3.8, 4) is 23.0 Å². The Hall–Kier alpha value is -2.28. The fourth-order valence-electron chi connectivity index (χ4n) is 3.23. The average molecular weight is 539 g/mol. The van der Waals surface area contributed by atoms with Gasteiger partial charge in [0.2, 0.25) is 0 Å². The van der Waals surface area contributed by atoms with Crippen LogP contribution in [0, 0.1) is 0 Å². The largest absolute Gasteiger partial charge is 0.490 e. The van der Waals surface area contributed by atoms with Crippen LogP contribution in [0.25, 0.3) is 0 Å². The van der Waals surface area contributed by atoms with E-state index in [9.17, 15) is 0 Å². The fraction of sp³-hybridized carbons (Fsp3) is 0.250. The lowest BCUT2D eigenvalue weighted by molar-refractivity contribution is 0.171. The van der Waals surface area contributed by atoms with Crippen LogP contribution in [-0.4, -0.2) is 19.8 Å². The molecule has 8 heteroatoms. The normalized spacial score (nSPS) is 12.4. The zero-order valence-corrected chi connectivity index (χ0v) is 20.5. The number of halogens is 3. The van der Waals surface area contributed by atoms with Crippen LogP contribution in [0.5, 0.6) is 23.0 Å². The van der Waals surface area contributed by atoms with Crippen molar-refractivity contribution in [2.75, 3.05) is 25.1 Å². The van der Waals surface area contributed by atoms with Gasteiger partial charge in [-0.25, -0.2) is 0 Å². The summed E-state index contributed by atoms with van der Waals surface area (Å²) in [5.74, 6) is 2.84. The topological polar surface area (TPSA) is 49.0 Å². The minimum Gasteiger partial charge on any atom is -0.490 e. The molecule has 0 aliphatic carbocycles. The molecule has 3 aromatic carbocycles. The summed E-state index contributed by atoms with van der Waals surface area (Å²) in [5.41, 5.74) is 2.90. The smallest absolute Gasteiger partial charge is 0.163 e. The van der Waals surface area contributed by atoms with E-state index < -0.39 is 0 Å². The van der Waals surface area contributed by atoms with Crippen LogP contribution < -0.4 is 24.3 Å². The molecule has 4 rings (SSSR count). The van der Waals surface area contributed by atoms with Crippen molar-refractivity contribution in [2.24, 2.45) is 0 Å². The van der Waals surface area contributed by atoms with Crippen LogP contribution in [0.4, 0.5) is 5.69 Å². The molecule has 5 nitrogen and oxygen atoms in total. The highest BCUT2D eigenvalue weighted by Gasteiger charge is 2.14. The van der Waals surface area contributed by atoms with Crippen LogP contribution in [-0.2, 0) is 13.2 Å². The zero-order chi connectivity index (χ0) is 22.5. The van der Waals surface area contributed by atoms with E-state index in [1.165, 1.54) is 0 Å². The third-order valence-corrected chi connectivity index (χ3v) is 6.29. The SMILES string of the molecule is CCOc1cc(CNc2ccc3c(c2)OCCO3)c(Br)cc1OCc1ccc(Cl)c(Cl)c1. The predicted octanol–water partition coefficient (Wildman–Crippen LogP) is 7.12. The molecule has 1 aliphatic rings. The molecule has 0 bridgehead atoms. The van der Waals surface area contributed by atoms with Gasteiger partial charge in [0.05, 0.1) is 16.7 Å². The van der Waals surface area contributed by atoms with E-state index in [4.69, 9.17) is 42.1 Å². The molecule has 0 saturated heterocycles. The van der Waals surface area contributed by atoms with Gasteiger partial charge < -0.3 is 24.3 Å². The van der Waals surface area contributed by atoms with Gasteiger partial charge >= 0.3 is 0 Å². The lowest BCUT2D eigenvalue weighted by atomic mass is 10.2. The molecule has 0 aromatic heterocycles. The summed E-state index contributed by atoms with van der Waals surface area (Å²) in [7, 11) is 0. The van der Waals surface area contributed by atoms with E-state index in [-0.39, 0.29) is 0 Å². The van der Waals surface area contributed by atoms with Gasteiger partial charge in [0.1, 0.15) is 19.8 Å². The van der Waals surface area contributed by atoms with Gasteiger partial charge in [-0.1, -0.05) is 45.2 Å². The van der Waals surface area contributed by atoms with Crippen molar-refractivity contribution in [1.82, 2.24) is 0 Å². The summed E-state index contributed by atoms with van der Waals surface area (Å²) in [5, 5.41) is 4.44. The number of hydrogen-bond donors (Lipinski definition) is 1. The first kappa shape index (κ1) is 22.9. The van der Waals surface area contributed by atoms with E-state index >= 15 is 0 Å².